The quantitative estimate of drug-likeness (QED) is 0.867. The molecule has 0 saturated heterocycles. The van der Waals surface area contributed by atoms with Crippen LogP contribution in [0.5, 0.6) is 0 Å². The molecule has 1 aliphatic carbocycles. The van der Waals surface area contributed by atoms with Crippen LogP contribution in [-0.4, -0.2) is 22.7 Å². The van der Waals surface area contributed by atoms with E-state index in [1.807, 2.05) is 6.92 Å². The molecule has 2 atom stereocenters. The summed E-state index contributed by atoms with van der Waals surface area (Å²) in [5.41, 5.74) is 1.14. The molecule has 1 aromatic heterocycles. The van der Waals surface area contributed by atoms with Crippen molar-refractivity contribution in [1.82, 2.24) is 10.3 Å². The van der Waals surface area contributed by atoms with Gasteiger partial charge in [0.05, 0.1) is 6.10 Å². The molecule has 0 spiro atoms. The highest BCUT2D eigenvalue weighted by atomic mass is 32.1. The van der Waals surface area contributed by atoms with E-state index in [9.17, 15) is 5.11 Å². The Hall–Kier alpha value is -0.450. The molecule has 0 aromatic carbocycles. The van der Waals surface area contributed by atoms with E-state index in [4.69, 9.17) is 0 Å². The molecule has 1 aromatic rings. The van der Waals surface area contributed by atoms with Gasteiger partial charge in [-0.3, -0.25) is 0 Å². The van der Waals surface area contributed by atoms with Gasteiger partial charge in [-0.2, -0.15) is 0 Å². The van der Waals surface area contributed by atoms with E-state index < -0.39 is 0 Å². The summed E-state index contributed by atoms with van der Waals surface area (Å²) in [5, 5.41) is 16.7. The van der Waals surface area contributed by atoms with E-state index >= 15 is 0 Å². The van der Waals surface area contributed by atoms with Gasteiger partial charge in [0.2, 0.25) is 0 Å². The third-order valence-electron chi connectivity index (χ3n) is 3.75. The lowest BCUT2D eigenvalue weighted by atomic mass is 9.73. The molecule has 0 amide bonds. The largest absolute Gasteiger partial charge is 0.393 e. The van der Waals surface area contributed by atoms with E-state index in [0.717, 1.165) is 36.6 Å². The van der Waals surface area contributed by atoms with Gasteiger partial charge in [0, 0.05) is 29.6 Å². The van der Waals surface area contributed by atoms with Gasteiger partial charge in [0.25, 0.3) is 0 Å². The van der Waals surface area contributed by atoms with Crippen LogP contribution in [0, 0.1) is 12.3 Å². The molecular weight excluding hydrogens is 232 g/mol. The molecule has 2 unspecified atom stereocenters. The van der Waals surface area contributed by atoms with Crippen LogP contribution in [0.4, 0.5) is 0 Å². The summed E-state index contributed by atoms with van der Waals surface area (Å²) in [7, 11) is 0. The van der Waals surface area contributed by atoms with Crippen molar-refractivity contribution in [2.45, 2.75) is 52.2 Å². The van der Waals surface area contributed by atoms with Crippen molar-refractivity contribution in [2.24, 2.45) is 5.41 Å². The predicted octanol–water partition coefficient (Wildman–Crippen LogP) is 2.48. The van der Waals surface area contributed by atoms with Crippen LogP contribution in [0.2, 0.25) is 0 Å². The smallest absolute Gasteiger partial charge is 0.107 e. The maximum atomic E-state index is 10.1. The van der Waals surface area contributed by atoms with Gasteiger partial charge in [0.15, 0.2) is 0 Å². The first kappa shape index (κ1) is 13.0. The molecule has 1 aliphatic rings. The molecule has 1 heterocycles. The van der Waals surface area contributed by atoms with Crippen molar-refractivity contribution in [2.75, 3.05) is 6.54 Å². The van der Waals surface area contributed by atoms with Crippen LogP contribution in [0.15, 0.2) is 5.38 Å². The molecule has 0 radical (unpaired) electrons. The zero-order valence-electron chi connectivity index (χ0n) is 10.7. The predicted molar refractivity (Wildman–Crippen MR) is 71.1 cm³/mol. The highest BCUT2D eigenvalue weighted by molar-refractivity contribution is 7.09. The standard InChI is InChI=1S/C13H22N2OS/c1-10-8-17-12(15-10)7-14-9-13(2)6-4-3-5-11(13)16/h8,11,14,16H,3-7,9H2,1-2H3. The lowest BCUT2D eigenvalue weighted by molar-refractivity contribution is 0.00115. The number of aryl methyl sites for hydroxylation is 1. The maximum absolute atomic E-state index is 10.1. The van der Waals surface area contributed by atoms with Gasteiger partial charge in [-0.25, -0.2) is 4.98 Å². The van der Waals surface area contributed by atoms with Gasteiger partial charge < -0.3 is 10.4 Å². The lowest BCUT2D eigenvalue weighted by Crippen LogP contribution is -2.43. The molecule has 17 heavy (non-hydrogen) atoms. The van der Waals surface area contributed by atoms with E-state index in [-0.39, 0.29) is 11.5 Å². The summed E-state index contributed by atoms with van der Waals surface area (Å²) in [6, 6.07) is 0. The Bertz CT molecular complexity index is 366. The third kappa shape index (κ3) is 3.27. The fraction of sp³-hybridized carbons (Fsp3) is 0.769. The molecule has 2 rings (SSSR count). The molecular formula is C13H22N2OS. The van der Waals surface area contributed by atoms with Crippen molar-refractivity contribution >= 4 is 11.3 Å². The Labute approximate surface area is 107 Å². The van der Waals surface area contributed by atoms with E-state index in [1.165, 1.54) is 12.8 Å². The van der Waals surface area contributed by atoms with Gasteiger partial charge >= 0.3 is 0 Å². The van der Waals surface area contributed by atoms with Crippen LogP contribution < -0.4 is 5.32 Å². The Kier molecular flexibility index (Phi) is 4.17. The summed E-state index contributed by atoms with van der Waals surface area (Å²) in [6.07, 6.45) is 4.34. The lowest BCUT2D eigenvalue weighted by Gasteiger charge is -2.38. The number of aromatic nitrogens is 1. The normalized spacial score (nSPS) is 29.5. The number of aliphatic hydroxyl groups is 1. The summed E-state index contributed by atoms with van der Waals surface area (Å²) < 4.78 is 0. The summed E-state index contributed by atoms with van der Waals surface area (Å²) in [5.74, 6) is 0. The Balaban J connectivity index is 1.81. The number of nitrogens with one attached hydrogen (secondary N) is 1. The molecule has 2 N–H and O–H groups in total. The van der Waals surface area contributed by atoms with Crippen molar-refractivity contribution < 1.29 is 5.11 Å². The van der Waals surface area contributed by atoms with Crippen molar-refractivity contribution in [3.8, 4) is 0 Å². The zero-order valence-corrected chi connectivity index (χ0v) is 11.5. The minimum Gasteiger partial charge on any atom is -0.393 e. The molecule has 1 fully saturated rings. The van der Waals surface area contributed by atoms with E-state index in [2.05, 4.69) is 22.6 Å². The summed E-state index contributed by atoms with van der Waals surface area (Å²) in [4.78, 5) is 4.43. The third-order valence-corrected chi connectivity index (χ3v) is 4.72. The van der Waals surface area contributed by atoms with Crippen LogP contribution in [0.3, 0.4) is 0 Å². The second kappa shape index (κ2) is 5.46. The van der Waals surface area contributed by atoms with Crippen molar-refractivity contribution in [3.63, 3.8) is 0 Å². The van der Waals surface area contributed by atoms with Crippen molar-refractivity contribution in [3.05, 3.63) is 16.1 Å². The first-order valence-corrected chi connectivity index (χ1v) is 7.28. The van der Waals surface area contributed by atoms with Gasteiger partial charge in [-0.05, 0) is 19.8 Å². The fourth-order valence-corrected chi connectivity index (χ4v) is 3.27. The Morgan fingerprint density at radius 3 is 3.06 bits per heavy atom. The first-order valence-electron chi connectivity index (χ1n) is 6.40. The molecule has 0 aliphatic heterocycles. The molecule has 4 heteroatoms. The van der Waals surface area contributed by atoms with Gasteiger partial charge in [0.1, 0.15) is 5.01 Å². The number of rotatable bonds is 4. The zero-order chi connectivity index (χ0) is 12.3. The highest BCUT2D eigenvalue weighted by Crippen LogP contribution is 2.35. The van der Waals surface area contributed by atoms with Crippen LogP contribution in [0.1, 0.15) is 43.3 Å². The minimum atomic E-state index is -0.151. The fourth-order valence-electron chi connectivity index (χ4n) is 2.53. The van der Waals surface area contributed by atoms with Crippen LogP contribution >= 0.6 is 11.3 Å². The first-order chi connectivity index (χ1) is 8.10. The minimum absolute atomic E-state index is 0.0462. The second-order valence-electron chi connectivity index (χ2n) is 5.40. The number of hydrogen-bond donors (Lipinski definition) is 2. The molecule has 3 nitrogen and oxygen atoms in total. The van der Waals surface area contributed by atoms with Crippen molar-refractivity contribution in [1.29, 1.82) is 0 Å². The van der Waals surface area contributed by atoms with Crippen LogP contribution in [0.25, 0.3) is 0 Å². The summed E-state index contributed by atoms with van der Waals surface area (Å²) in [6.45, 7) is 5.91. The van der Waals surface area contributed by atoms with Gasteiger partial charge in [-0.1, -0.05) is 19.8 Å². The monoisotopic (exact) mass is 254 g/mol. The second-order valence-corrected chi connectivity index (χ2v) is 6.34. The SMILES string of the molecule is Cc1csc(CNCC2(C)CCCCC2O)n1. The van der Waals surface area contributed by atoms with E-state index in [0.29, 0.717) is 0 Å². The molecule has 0 bridgehead atoms. The Morgan fingerprint density at radius 2 is 2.41 bits per heavy atom. The number of thiazole rings is 1. The average Bonchev–Trinajstić information content (AvgIpc) is 2.69. The number of hydrogen-bond acceptors (Lipinski definition) is 4. The maximum Gasteiger partial charge on any atom is 0.107 e. The molecule has 96 valence electrons. The van der Waals surface area contributed by atoms with Crippen LogP contribution in [-0.2, 0) is 6.54 Å². The molecule has 1 saturated carbocycles. The van der Waals surface area contributed by atoms with E-state index in [1.54, 1.807) is 11.3 Å². The summed E-state index contributed by atoms with van der Waals surface area (Å²) >= 11 is 1.70. The number of nitrogens with zero attached hydrogens (tertiary/aromatic N) is 1. The Morgan fingerprint density at radius 1 is 1.59 bits per heavy atom. The average molecular weight is 254 g/mol. The highest BCUT2D eigenvalue weighted by Gasteiger charge is 2.34. The topological polar surface area (TPSA) is 45.1 Å². The van der Waals surface area contributed by atoms with Gasteiger partial charge in [-0.15, -0.1) is 11.3 Å². The number of aliphatic hydroxyl groups excluding tert-OH is 1.